The number of aromatic nitrogens is 2. The zero-order chi connectivity index (χ0) is 14.8. The molecular weight excluding hydrogens is 326 g/mol. The van der Waals surface area contributed by atoms with Gasteiger partial charge in [0, 0.05) is 31.3 Å². The fourth-order valence-corrected chi connectivity index (χ4v) is 1.97. The van der Waals surface area contributed by atoms with Crippen LogP contribution < -0.4 is 10.1 Å². The smallest absolute Gasteiger partial charge is 0.407 e. The van der Waals surface area contributed by atoms with E-state index in [0.717, 1.165) is 17.3 Å². The van der Waals surface area contributed by atoms with Crippen LogP contribution >= 0.6 is 15.9 Å². The second-order valence-electron chi connectivity index (χ2n) is 5.74. The van der Waals surface area contributed by atoms with Gasteiger partial charge in [-0.2, -0.15) is 0 Å². The molecule has 0 spiro atoms. The maximum atomic E-state index is 11.6. The van der Waals surface area contributed by atoms with Gasteiger partial charge in [0.25, 0.3) is 0 Å². The van der Waals surface area contributed by atoms with Crippen LogP contribution in [-0.4, -0.2) is 33.8 Å². The summed E-state index contributed by atoms with van der Waals surface area (Å²) in [6, 6.07) is 0.444. The molecule has 1 aromatic heterocycles. The lowest BCUT2D eigenvalue weighted by molar-refractivity contribution is 0.0345. The molecule has 6 nitrogen and oxygen atoms in total. The van der Waals surface area contributed by atoms with E-state index in [1.807, 2.05) is 20.8 Å². The van der Waals surface area contributed by atoms with Crippen molar-refractivity contribution in [1.29, 1.82) is 0 Å². The fourth-order valence-electron chi connectivity index (χ4n) is 1.76. The third-order valence-corrected chi connectivity index (χ3v) is 3.09. The molecule has 0 radical (unpaired) electrons. The van der Waals surface area contributed by atoms with E-state index in [0.29, 0.717) is 6.01 Å². The molecule has 1 saturated carbocycles. The van der Waals surface area contributed by atoms with Gasteiger partial charge in [0.2, 0.25) is 0 Å². The molecule has 0 atom stereocenters. The zero-order valence-corrected chi connectivity index (χ0v) is 13.3. The first-order valence-electron chi connectivity index (χ1n) is 6.45. The van der Waals surface area contributed by atoms with Crippen LogP contribution in [0, 0.1) is 0 Å². The predicted molar refractivity (Wildman–Crippen MR) is 76.5 cm³/mol. The van der Waals surface area contributed by atoms with Crippen LogP contribution in [0.15, 0.2) is 16.9 Å². The lowest BCUT2D eigenvalue weighted by Crippen LogP contribution is -2.50. The molecule has 1 N–H and O–H groups in total. The topological polar surface area (TPSA) is 73.3 Å². The zero-order valence-electron chi connectivity index (χ0n) is 11.7. The molecule has 1 aromatic rings. The van der Waals surface area contributed by atoms with Crippen molar-refractivity contribution in [1.82, 2.24) is 15.3 Å². The summed E-state index contributed by atoms with van der Waals surface area (Å²) in [7, 11) is 0. The van der Waals surface area contributed by atoms with Gasteiger partial charge in [-0.15, -0.1) is 0 Å². The van der Waals surface area contributed by atoms with E-state index in [1.165, 1.54) is 0 Å². The second-order valence-corrected chi connectivity index (χ2v) is 6.65. The SMILES string of the molecule is CC(C)(C)OC(=O)N[C@H]1C[C@H](Oc2ncc(Br)cn2)C1. The Kier molecular flexibility index (Phi) is 4.47. The standard InChI is InChI=1S/C13H18BrN3O3/c1-13(2,3)20-12(18)17-9-4-10(5-9)19-11-15-6-8(14)7-16-11/h6-7,9-10H,4-5H2,1-3H3,(H,17,18)/t9-,10-. The number of halogens is 1. The molecular formula is C13H18BrN3O3. The third kappa shape index (κ3) is 4.63. The summed E-state index contributed by atoms with van der Waals surface area (Å²) in [4.78, 5) is 19.6. The van der Waals surface area contributed by atoms with Crippen LogP contribution in [0.1, 0.15) is 33.6 Å². The Balaban J connectivity index is 1.70. The minimum absolute atomic E-state index is 0.0381. The number of hydrogen-bond acceptors (Lipinski definition) is 5. The molecule has 0 bridgehead atoms. The summed E-state index contributed by atoms with van der Waals surface area (Å²) in [6.07, 6.45) is 4.39. The Morgan fingerprint density at radius 2 is 1.95 bits per heavy atom. The van der Waals surface area contributed by atoms with Crippen molar-refractivity contribution in [2.75, 3.05) is 0 Å². The first kappa shape index (κ1) is 15.0. The van der Waals surface area contributed by atoms with E-state index >= 15 is 0 Å². The summed E-state index contributed by atoms with van der Waals surface area (Å²) in [5, 5.41) is 2.81. The van der Waals surface area contributed by atoms with E-state index < -0.39 is 5.60 Å². The summed E-state index contributed by atoms with van der Waals surface area (Å²) < 4.78 is 11.6. The molecule has 110 valence electrons. The van der Waals surface area contributed by atoms with Crippen molar-refractivity contribution in [3.63, 3.8) is 0 Å². The number of ether oxygens (including phenoxy) is 2. The highest BCUT2D eigenvalue weighted by Crippen LogP contribution is 2.24. The van der Waals surface area contributed by atoms with Crippen molar-refractivity contribution in [3.05, 3.63) is 16.9 Å². The van der Waals surface area contributed by atoms with Crippen LogP contribution in [0.5, 0.6) is 6.01 Å². The Morgan fingerprint density at radius 1 is 1.35 bits per heavy atom. The van der Waals surface area contributed by atoms with Crippen LogP contribution in [0.2, 0.25) is 0 Å². The molecule has 0 saturated heterocycles. The van der Waals surface area contributed by atoms with Gasteiger partial charge in [-0.1, -0.05) is 0 Å². The first-order chi connectivity index (χ1) is 9.32. The largest absolute Gasteiger partial charge is 0.460 e. The lowest BCUT2D eigenvalue weighted by atomic mass is 9.89. The normalized spacial score (nSPS) is 21.8. The molecule has 1 heterocycles. The molecule has 0 unspecified atom stereocenters. The summed E-state index contributed by atoms with van der Waals surface area (Å²) >= 11 is 3.26. The molecule has 1 amide bonds. The number of nitrogens with zero attached hydrogens (tertiary/aromatic N) is 2. The average Bonchev–Trinajstić information content (AvgIpc) is 2.26. The number of amides is 1. The van der Waals surface area contributed by atoms with Crippen molar-refractivity contribution in [2.24, 2.45) is 0 Å². The Morgan fingerprint density at radius 3 is 2.50 bits per heavy atom. The quantitative estimate of drug-likeness (QED) is 0.913. The van der Waals surface area contributed by atoms with Gasteiger partial charge in [0.15, 0.2) is 0 Å². The van der Waals surface area contributed by atoms with E-state index in [2.05, 4.69) is 31.2 Å². The highest BCUT2D eigenvalue weighted by molar-refractivity contribution is 9.10. The van der Waals surface area contributed by atoms with Crippen LogP contribution in [0.25, 0.3) is 0 Å². The van der Waals surface area contributed by atoms with E-state index in [4.69, 9.17) is 9.47 Å². The number of hydrogen-bond donors (Lipinski definition) is 1. The van der Waals surface area contributed by atoms with Gasteiger partial charge in [0.1, 0.15) is 11.7 Å². The minimum atomic E-state index is -0.477. The van der Waals surface area contributed by atoms with Gasteiger partial charge < -0.3 is 14.8 Å². The Labute approximate surface area is 126 Å². The van der Waals surface area contributed by atoms with Gasteiger partial charge in [-0.3, -0.25) is 0 Å². The Hall–Kier alpha value is -1.37. The first-order valence-corrected chi connectivity index (χ1v) is 7.25. The average molecular weight is 344 g/mol. The van der Waals surface area contributed by atoms with Crippen molar-refractivity contribution < 1.29 is 14.3 Å². The predicted octanol–water partition coefficient (Wildman–Crippen LogP) is 2.67. The molecule has 1 aliphatic carbocycles. The van der Waals surface area contributed by atoms with Gasteiger partial charge >= 0.3 is 12.1 Å². The van der Waals surface area contributed by atoms with E-state index in [1.54, 1.807) is 12.4 Å². The maximum Gasteiger partial charge on any atom is 0.407 e. The number of carbonyl (C=O) groups is 1. The molecule has 2 rings (SSSR count). The van der Waals surface area contributed by atoms with Crippen LogP contribution in [0.4, 0.5) is 4.79 Å². The van der Waals surface area contributed by atoms with Crippen LogP contribution in [0.3, 0.4) is 0 Å². The van der Waals surface area contributed by atoms with E-state index in [-0.39, 0.29) is 18.2 Å². The summed E-state index contributed by atoms with van der Waals surface area (Å²) in [5.41, 5.74) is -0.477. The molecule has 1 fully saturated rings. The molecule has 0 aromatic carbocycles. The van der Waals surface area contributed by atoms with Crippen LogP contribution in [-0.2, 0) is 4.74 Å². The lowest BCUT2D eigenvalue weighted by Gasteiger charge is -2.35. The number of nitrogens with one attached hydrogen (secondary N) is 1. The monoisotopic (exact) mass is 343 g/mol. The van der Waals surface area contributed by atoms with Crippen molar-refractivity contribution >= 4 is 22.0 Å². The number of rotatable bonds is 3. The van der Waals surface area contributed by atoms with Gasteiger partial charge in [0.05, 0.1) is 4.47 Å². The third-order valence-electron chi connectivity index (χ3n) is 2.68. The molecule has 1 aliphatic rings. The second kappa shape index (κ2) is 5.95. The maximum absolute atomic E-state index is 11.6. The van der Waals surface area contributed by atoms with Gasteiger partial charge in [-0.25, -0.2) is 14.8 Å². The molecule has 20 heavy (non-hydrogen) atoms. The molecule has 0 aliphatic heterocycles. The summed E-state index contributed by atoms with van der Waals surface area (Å²) in [6.45, 7) is 5.51. The Bertz CT molecular complexity index is 467. The minimum Gasteiger partial charge on any atom is -0.460 e. The van der Waals surface area contributed by atoms with E-state index in [9.17, 15) is 4.79 Å². The highest BCUT2D eigenvalue weighted by Gasteiger charge is 2.33. The number of carbonyl (C=O) groups excluding carboxylic acids is 1. The highest BCUT2D eigenvalue weighted by atomic mass is 79.9. The number of alkyl carbamates (subject to hydrolysis) is 1. The fraction of sp³-hybridized carbons (Fsp3) is 0.615. The van der Waals surface area contributed by atoms with Crippen molar-refractivity contribution in [3.8, 4) is 6.01 Å². The van der Waals surface area contributed by atoms with Crippen molar-refractivity contribution in [2.45, 2.75) is 51.4 Å². The molecule has 7 heteroatoms. The summed E-state index contributed by atoms with van der Waals surface area (Å²) in [5.74, 6) is 0. The van der Waals surface area contributed by atoms with Gasteiger partial charge in [-0.05, 0) is 36.7 Å².